The maximum atomic E-state index is 12.1. The zero-order valence-corrected chi connectivity index (χ0v) is 12.6. The van der Waals surface area contributed by atoms with Gasteiger partial charge in [-0.2, -0.15) is 0 Å². The molecule has 5 heteroatoms. The quantitative estimate of drug-likeness (QED) is 0.731. The van der Waals surface area contributed by atoms with Crippen molar-refractivity contribution in [1.29, 1.82) is 0 Å². The van der Waals surface area contributed by atoms with Crippen LogP contribution in [0.3, 0.4) is 0 Å². The largest absolute Gasteiger partial charge is 0.460 e. The summed E-state index contributed by atoms with van der Waals surface area (Å²) in [5.41, 5.74) is 8.49. The highest BCUT2D eigenvalue weighted by atomic mass is 16.5. The highest BCUT2D eigenvalue weighted by Crippen LogP contribution is 2.15. The van der Waals surface area contributed by atoms with Crippen LogP contribution in [-0.4, -0.2) is 22.0 Å². The van der Waals surface area contributed by atoms with Gasteiger partial charge in [-0.05, 0) is 11.6 Å². The topological polar surface area (TPSA) is 78.1 Å². The number of hydrogen-bond donors (Lipinski definition) is 1. The van der Waals surface area contributed by atoms with Crippen molar-refractivity contribution in [3.63, 3.8) is 0 Å². The maximum absolute atomic E-state index is 12.1. The summed E-state index contributed by atoms with van der Waals surface area (Å²) < 4.78 is 5.27. The van der Waals surface area contributed by atoms with Crippen molar-refractivity contribution in [1.82, 2.24) is 9.97 Å². The van der Waals surface area contributed by atoms with Gasteiger partial charge in [0.2, 0.25) is 0 Å². The Labute approximate surface area is 134 Å². The Kier molecular flexibility index (Phi) is 4.59. The number of rotatable bonds is 5. The molecule has 0 spiro atoms. The zero-order valence-electron chi connectivity index (χ0n) is 12.6. The lowest BCUT2D eigenvalue weighted by molar-refractivity contribution is -0.146. The van der Waals surface area contributed by atoms with Crippen LogP contribution in [0.2, 0.25) is 0 Å². The highest BCUT2D eigenvalue weighted by molar-refractivity contribution is 5.82. The van der Waals surface area contributed by atoms with Gasteiger partial charge in [0.25, 0.3) is 0 Å². The Morgan fingerprint density at radius 2 is 1.78 bits per heavy atom. The van der Waals surface area contributed by atoms with E-state index in [1.807, 2.05) is 54.6 Å². The lowest BCUT2D eigenvalue weighted by Gasteiger charge is -2.12. The fourth-order valence-corrected chi connectivity index (χ4v) is 2.35. The van der Waals surface area contributed by atoms with Crippen LogP contribution in [0.5, 0.6) is 0 Å². The number of esters is 1. The number of carbonyl (C=O) groups is 1. The smallest absolute Gasteiger partial charge is 0.323 e. The van der Waals surface area contributed by atoms with Crippen LogP contribution >= 0.6 is 0 Å². The van der Waals surface area contributed by atoms with Crippen LogP contribution in [0.1, 0.15) is 11.3 Å². The van der Waals surface area contributed by atoms with E-state index in [-0.39, 0.29) is 6.61 Å². The fourth-order valence-electron chi connectivity index (χ4n) is 2.35. The zero-order chi connectivity index (χ0) is 16.1. The molecule has 5 nitrogen and oxygen atoms in total. The van der Waals surface area contributed by atoms with Crippen molar-refractivity contribution in [3.8, 4) is 0 Å². The molecule has 0 bridgehead atoms. The Balaban J connectivity index is 1.66. The van der Waals surface area contributed by atoms with Gasteiger partial charge >= 0.3 is 5.97 Å². The third-order valence-corrected chi connectivity index (χ3v) is 3.57. The summed E-state index contributed by atoms with van der Waals surface area (Å²) in [4.78, 5) is 20.5. The molecule has 0 saturated heterocycles. The first-order chi connectivity index (χ1) is 11.2. The van der Waals surface area contributed by atoms with E-state index >= 15 is 0 Å². The monoisotopic (exact) mass is 307 g/mol. The summed E-state index contributed by atoms with van der Waals surface area (Å²) in [7, 11) is 0. The van der Waals surface area contributed by atoms with Crippen LogP contribution in [0.15, 0.2) is 60.9 Å². The fraction of sp³-hybridized carbons (Fsp3) is 0.167. The summed E-state index contributed by atoms with van der Waals surface area (Å²) in [5.74, 6) is -0.434. The number of aromatic nitrogens is 2. The van der Waals surface area contributed by atoms with Gasteiger partial charge in [-0.25, -0.2) is 9.97 Å². The third kappa shape index (κ3) is 3.70. The molecule has 0 saturated carbocycles. The minimum atomic E-state index is -0.753. The van der Waals surface area contributed by atoms with Crippen LogP contribution < -0.4 is 5.73 Å². The normalized spacial score (nSPS) is 12.0. The van der Waals surface area contributed by atoms with E-state index in [1.165, 1.54) is 6.33 Å². The molecule has 0 unspecified atom stereocenters. The lowest BCUT2D eigenvalue weighted by Crippen LogP contribution is -2.34. The van der Waals surface area contributed by atoms with Crippen molar-refractivity contribution in [3.05, 3.63) is 72.2 Å². The predicted molar refractivity (Wildman–Crippen MR) is 87.5 cm³/mol. The van der Waals surface area contributed by atoms with Crippen LogP contribution in [0, 0.1) is 0 Å². The Bertz CT molecular complexity index is 800. The number of para-hydroxylation sites is 1. The summed E-state index contributed by atoms with van der Waals surface area (Å²) in [6.45, 7) is 0.220. The molecule has 0 aliphatic carbocycles. The van der Waals surface area contributed by atoms with Crippen LogP contribution in [0.4, 0.5) is 0 Å². The van der Waals surface area contributed by atoms with Gasteiger partial charge in [-0.1, -0.05) is 48.5 Å². The Hall–Kier alpha value is -2.79. The summed E-state index contributed by atoms with van der Waals surface area (Å²) in [6, 6.07) is 16.4. The van der Waals surface area contributed by atoms with E-state index in [9.17, 15) is 4.79 Å². The second-order valence-electron chi connectivity index (χ2n) is 5.24. The van der Waals surface area contributed by atoms with E-state index in [4.69, 9.17) is 10.5 Å². The van der Waals surface area contributed by atoms with Crippen molar-refractivity contribution < 1.29 is 9.53 Å². The van der Waals surface area contributed by atoms with Gasteiger partial charge in [0.05, 0.1) is 11.2 Å². The van der Waals surface area contributed by atoms with E-state index < -0.39 is 12.0 Å². The summed E-state index contributed by atoms with van der Waals surface area (Å²) in [6.07, 6.45) is 1.80. The van der Waals surface area contributed by atoms with Crippen molar-refractivity contribution in [2.24, 2.45) is 5.73 Å². The van der Waals surface area contributed by atoms with E-state index in [1.54, 1.807) is 0 Å². The van der Waals surface area contributed by atoms with E-state index in [0.29, 0.717) is 6.42 Å². The standard InChI is InChI=1S/C18H17N3O2/c19-15(18(22)23-11-13-6-2-1-3-7-13)10-17-14-8-4-5-9-16(14)20-12-21-17/h1-9,12,15H,10-11,19H2/t15-/m1/s1. The van der Waals surface area contributed by atoms with E-state index in [2.05, 4.69) is 9.97 Å². The minimum Gasteiger partial charge on any atom is -0.460 e. The third-order valence-electron chi connectivity index (χ3n) is 3.57. The first-order valence-corrected chi connectivity index (χ1v) is 7.39. The molecule has 116 valence electrons. The number of carbonyl (C=O) groups excluding carboxylic acids is 1. The van der Waals surface area contributed by atoms with Crippen molar-refractivity contribution in [2.75, 3.05) is 0 Å². The highest BCUT2D eigenvalue weighted by Gasteiger charge is 2.18. The van der Waals surface area contributed by atoms with Gasteiger partial charge < -0.3 is 10.5 Å². The molecular formula is C18H17N3O2. The second-order valence-corrected chi connectivity index (χ2v) is 5.24. The summed E-state index contributed by atoms with van der Waals surface area (Å²) in [5, 5.41) is 0.904. The SMILES string of the molecule is N[C@H](Cc1ncnc2ccccc12)C(=O)OCc1ccccc1. The average Bonchev–Trinajstić information content (AvgIpc) is 2.61. The molecule has 3 rings (SSSR count). The first kappa shape index (κ1) is 15.1. The molecule has 0 fully saturated rings. The summed E-state index contributed by atoms with van der Waals surface area (Å²) >= 11 is 0. The van der Waals surface area contributed by atoms with E-state index in [0.717, 1.165) is 22.2 Å². The molecule has 0 aliphatic heterocycles. The maximum Gasteiger partial charge on any atom is 0.323 e. The lowest BCUT2D eigenvalue weighted by atomic mass is 10.1. The first-order valence-electron chi connectivity index (χ1n) is 7.39. The molecule has 0 amide bonds. The molecular weight excluding hydrogens is 290 g/mol. The van der Waals surface area contributed by atoms with Gasteiger partial charge in [0.1, 0.15) is 19.0 Å². The minimum absolute atomic E-state index is 0.220. The number of nitrogens with zero attached hydrogens (tertiary/aromatic N) is 2. The second kappa shape index (κ2) is 6.98. The van der Waals surface area contributed by atoms with Gasteiger partial charge in [0.15, 0.2) is 0 Å². The van der Waals surface area contributed by atoms with Crippen LogP contribution in [-0.2, 0) is 22.6 Å². The molecule has 0 radical (unpaired) electrons. The van der Waals surface area contributed by atoms with Crippen molar-refractivity contribution in [2.45, 2.75) is 19.1 Å². The molecule has 23 heavy (non-hydrogen) atoms. The van der Waals surface area contributed by atoms with Crippen molar-refractivity contribution >= 4 is 16.9 Å². The number of fused-ring (bicyclic) bond motifs is 1. The average molecular weight is 307 g/mol. The molecule has 3 aromatic rings. The Morgan fingerprint density at radius 3 is 2.61 bits per heavy atom. The number of benzene rings is 2. The van der Waals surface area contributed by atoms with Gasteiger partial charge in [-0.3, -0.25) is 4.79 Å². The predicted octanol–water partition coefficient (Wildman–Crippen LogP) is 2.24. The number of hydrogen-bond acceptors (Lipinski definition) is 5. The molecule has 2 aromatic carbocycles. The number of ether oxygens (including phenoxy) is 1. The molecule has 0 aliphatic rings. The molecule has 2 N–H and O–H groups in total. The Morgan fingerprint density at radius 1 is 1.04 bits per heavy atom. The van der Waals surface area contributed by atoms with Crippen LogP contribution in [0.25, 0.3) is 10.9 Å². The molecule has 1 atom stereocenters. The molecule has 1 heterocycles. The van der Waals surface area contributed by atoms with Gasteiger partial charge in [-0.15, -0.1) is 0 Å². The molecule has 1 aromatic heterocycles. The van der Waals surface area contributed by atoms with Gasteiger partial charge in [0, 0.05) is 11.8 Å². The number of nitrogens with two attached hydrogens (primary N) is 1.